The lowest BCUT2D eigenvalue weighted by Crippen LogP contribution is -2.53. The van der Waals surface area contributed by atoms with Crippen LogP contribution in [0.2, 0.25) is 0 Å². The van der Waals surface area contributed by atoms with Crippen LogP contribution in [0.4, 0.5) is 10.5 Å². The number of urea groups is 1. The fraction of sp³-hybridized carbons (Fsp3) is 0.619. The Labute approximate surface area is 175 Å². The Bertz CT molecular complexity index is 644. The molecule has 0 heterocycles. The average Bonchev–Trinajstić information content (AvgIpc) is 2.62. The van der Waals surface area contributed by atoms with Crippen LogP contribution in [0.3, 0.4) is 0 Å². The Hall–Kier alpha value is -1.79. The first kappa shape index (κ1) is 24.2. The van der Waals surface area contributed by atoms with E-state index in [1.807, 2.05) is 52.0 Å². The van der Waals surface area contributed by atoms with Crippen LogP contribution in [-0.4, -0.2) is 35.5 Å². The molecule has 0 saturated heterocycles. The molecule has 158 valence electrons. The summed E-state index contributed by atoms with van der Waals surface area (Å²) in [6.07, 6.45) is 3.88. The number of rotatable bonds is 6. The number of nitrogens with zero attached hydrogens (tertiary/aromatic N) is 1. The molecule has 0 aliphatic heterocycles. The molecule has 1 aromatic carbocycles. The molecule has 1 aliphatic carbocycles. The van der Waals surface area contributed by atoms with Gasteiger partial charge in [-0.05, 0) is 58.2 Å². The standard InChI is InChI=1S/C21H34N4O2.ClH/c1-5-25(6-2)20(27)24-17-12-10-16(11-13-17)15(3)23-19(26)18-9-7-8-14-21(18,4)22;/h10-13,15,18H,5-9,14,22H2,1-4H3,(H,23,26)(H,24,27);1H. The van der Waals surface area contributed by atoms with Crippen LogP contribution in [0, 0.1) is 5.92 Å². The molecule has 1 aromatic rings. The van der Waals surface area contributed by atoms with Crippen molar-refractivity contribution in [3.8, 4) is 0 Å². The largest absolute Gasteiger partial charge is 0.349 e. The maximum absolute atomic E-state index is 12.7. The Morgan fingerprint density at radius 1 is 1.21 bits per heavy atom. The van der Waals surface area contributed by atoms with Gasteiger partial charge in [0.25, 0.3) is 0 Å². The molecule has 2 rings (SSSR count). The molecule has 6 nitrogen and oxygen atoms in total. The van der Waals surface area contributed by atoms with Gasteiger partial charge in [0.05, 0.1) is 12.0 Å². The highest BCUT2D eigenvalue weighted by molar-refractivity contribution is 5.89. The van der Waals surface area contributed by atoms with E-state index in [0.717, 1.165) is 36.9 Å². The summed E-state index contributed by atoms with van der Waals surface area (Å²) in [6, 6.07) is 7.40. The summed E-state index contributed by atoms with van der Waals surface area (Å²) in [5.74, 6) is -0.104. The van der Waals surface area contributed by atoms with Gasteiger partial charge in [0.15, 0.2) is 0 Å². The third-order valence-corrected chi connectivity index (χ3v) is 5.64. The third-order valence-electron chi connectivity index (χ3n) is 5.64. The van der Waals surface area contributed by atoms with Crippen LogP contribution in [-0.2, 0) is 4.79 Å². The molecule has 3 unspecified atom stereocenters. The van der Waals surface area contributed by atoms with Crippen LogP contribution in [0.15, 0.2) is 24.3 Å². The molecule has 0 spiro atoms. The zero-order valence-corrected chi connectivity index (χ0v) is 18.3. The van der Waals surface area contributed by atoms with Gasteiger partial charge in [-0.2, -0.15) is 0 Å². The Kier molecular flexibility index (Phi) is 9.24. The minimum Gasteiger partial charge on any atom is -0.349 e. The molecular weight excluding hydrogens is 376 g/mol. The lowest BCUT2D eigenvalue weighted by Gasteiger charge is -2.37. The summed E-state index contributed by atoms with van der Waals surface area (Å²) in [6.45, 7) is 9.20. The highest BCUT2D eigenvalue weighted by Gasteiger charge is 2.38. The lowest BCUT2D eigenvalue weighted by molar-refractivity contribution is -0.128. The van der Waals surface area contributed by atoms with Gasteiger partial charge in [-0.1, -0.05) is 25.0 Å². The molecule has 1 fully saturated rings. The van der Waals surface area contributed by atoms with Gasteiger partial charge < -0.3 is 21.3 Å². The molecule has 7 heteroatoms. The number of carbonyl (C=O) groups is 2. The molecule has 4 N–H and O–H groups in total. The fourth-order valence-corrected chi connectivity index (χ4v) is 3.75. The fourth-order valence-electron chi connectivity index (χ4n) is 3.75. The number of hydrogen-bond acceptors (Lipinski definition) is 3. The van der Waals surface area contributed by atoms with Gasteiger partial charge in [-0.25, -0.2) is 4.79 Å². The molecule has 28 heavy (non-hydrogen) atoms. The van der Waals surface area contributed by atoms with Crippen molar-refractivity contribution in [2.75, 3.05) is 18.4 Å². The highest BCUT2D eigenvalue weighted by atomic mass is 35.5. The van der Waals surface area contributed by atoms with E-state index in [1.54, 1.807) is 4.90 Å². The first-order chi connectivity index (χ1) is 12.8. The zero-order chi connectivity index (χ0) is 20.0. The van der Waals surface area contributed by atoms with Gasteiger partial charge in [0.1, 0.15) is 0 Å². The Morgan fingerprint density at radius 3 is 2.36 bits per heavy atom. The third kappa shape index (κ3) is 6.11. The molecule has 3 amide bonds. The SMILES string of the molecule is CCN(CC)C(=O)Nc1ccc(C(C)NC(=O)C2CCCCC2(C)N)cc1.Cl. The quantitative estimate of drug-likeness (QED) is 0.660. The van der Waals surface area contributed by atoms with Crippen LogP contribution in [0.1, 0.15) is 65.0 Å². The first-order valence-electron chi connectivity index (χ1n) is 10.0. The first-order valence-corrected chi connectivity index (χ1v) is 10.0. The van der Waals surface area contributed by atoms with E-state index in [0.29, 0.717) is 13.1 Å². The Balaban J connectivity index is 0.00000392. The predicted molar refractivity (Wildman–Crippen MR) is 117 cm³/mol. The summed E-state index contributed by atoms with van der Waals surface area (Å²) in [4.78, 5) is 26.5. The lowest BCUT2D eigenvalue weighted by atomic mass is 9.74. The molecular formula is C21H35ClN4O2. The second-order valence-electron chi connectivity index (χ2n) is 7.76. The zero-order valence-electron chi connectivity index (χ0n) is 17.5. The summed E-state index contributed by atoms with van der Waals surface area (Å²) >= 11 is 0. The van der Waals surface area contributed by atoms with Crippen molar-refractivity contribution >= 4 is 30.0 Å². The minimum atomic E-state index is -0.430. The highest BCUT2D eigenvalue weighted by Crippen LogP contribution is 2.32. The maximum Gasteiger partial charge on any atom is 0.321 e. The van der Waals surface area contributed by atoms with Gasteiger partial charge >= 0.3 is 6.03 Å². The van der Waals surface area contributed by atoms with E-state index in [1.165, 1.54) is 0 Å². The van der Waals surface area contributed by atoms with Crippen molar-refractivity contribution < 1.29 is 9.59 Å². The molecule has 0 bridgehead atoms. The molecule has 1 saturated carbocycles. The molecule has 3 atom stereocenters. The monoisotopic (exact) mass is 410 g/mol. The molecule has 0 radical (unpaired) electrons. The molecule has 1 aliphatic rings. The van der Waals surface area contributed by atoms with Crippen LogP contribution >= 0.6 is 12.4 Å². The molecule has 0 aromatic heterocycles. The second kappa shape index (κ2) is 10.7. The van der Waals surface area contributed by atoms with Gasteiger partial charge in [0.2, 0.25) is 5.91 Å². The number of nitrogens with one attached hydrogen (secondary N) is 2. The topological polar surface area (TPSA) is 87.5 Å². The van der Waals surface area contributed by atoms with Crippen molar-refractivity contribution in [3.05, 3.63) is 29.8 Å². The smallest absolute Gasteiger partial charge is 0.321 e. The van der Waals surface area contributed by atoms with Crippen molar-refractivity contribution in [2.24, 2.45) is 11.7 Å². The summed E-state index contributed by atoms with van der Waals surface area (Å²) in [7, 11) is 0. The summed E-state index contributed by atoms with van der Waals surface area (Å²) < 4.78 is 0. The van der Waals surface area contributed by atoms with Crippen LogP contribution < -0.4 is 16.4 Å². The second-order valence-corrected chi connectivity index (χ2v) is 7.76. The van der Waals surface area contributed by atoms with Crippen molar-refractivity contribution in [3.63, 3.8) is 0 Å². The maximum atomic E-state index is 12.7. The summed E-state index contributed by atoms with van der Waals surface area (Å²) in [5, 5.41) is 6.00. The van der Waals surface area contributed by atoms with E-state index in [2.05, 4.69) is 10.6 Å². The normalized spacial score (nSPS) is 22.5. The van der Waals surface area contributed by atoms with E-state index in [9.17, 15) is 9.59 Å². The minimum absolute atomic E-state index is 0. The summed E-state index contributed by atoms with van der Waals surface area (Å²) in [5.41, 5.74) is 7.66. The number of nitrogens with two attached hydrogens (primary N) is 1. The van der Waals surface area contributed by atoms with E-state index >= 15 is 0 Å². The van der Waals surface area contributed by atoms with Gasteiger partial charge in [-0.3, -0.25) is 4.79 Å². The van der Waals surface area contributed by atoms with Crippen molar-refractivity contribution in [1.29, 1.82) is 0 Å². The predicted octanol–water partition coefficient (Wildman–Crippen LogP) is 4.07. The van der Waals surface area contributed by atoms with Crippen molar-refractivity contribution in [2.45, 2.75) is 65.0 Å². The van der Waals surface area contributed by atoms with Crippen molar-refractivity contribution in [1.82, 2.24) is 10.2 Å². The number of anilines is 1. The van der Waals surface area contributed by atoms with E-state index in [-0.39, 0.29) is 36.3 Å². The number of benzene rings is 1. The van der Waals surface area contributed by atoms with Gasteiger partial charge in [0, 0.05) is 24.3 Å². The van der Waals surface area contributed by atoms with E-state index in [4.69, 9.17) is 5.73 Å². The average molecular weight is 411 g/mol. The number of amides is 3. The number of hydrogen-bond donors (Lipinski definition) is 3. The Morgan fingerprint density at radius 2 is 1.82 bits per heavy atom. The number of halogens is 1. The van der Waals surface area contributed by atoms with Crippen LogP contribution in [0.25, 0.3) is 0 Å². The van der Waals surface area contributed by atoms with E-state index < -0.39 is 5.54 Å². The number of carbonyl (C=O) groups excluding carboxylic acids is 2. The van der Waals surface area contributed by atoms with Crippen LogP contribution in [0.5, 0.6) is 0 Å². The van der Waals surface area contributed by atoms with Gasteiger partial charge in [-0.15, -0.1) is 12.4 Å².